The number of hydrogen-bond donors (Lipinski definition) is 0. The molecule has 0 aliphatic carbocycles. The van der Waals surface area contributed by atoms with Gasteiger partial charge in [0.05, 0.1) is 0 Å². The molecule has 2 heteroatoms. The lowest BCUT2D eigenvalue weighted by atomic mass is 9.98. The highest BCUT2D eigenvalue weighted by Crippen LogP contribution is 2.19. The van der Waals surface area contributed by atoms with E-state index < -0.39 is 0 Å². The Bertz CT molecular complexity index is 336. The second kappa shape index (κ2) is 6.91. The van der Waals surface area contributed by atoms with Crippen LogP contribution in [0.25, 0.3) is 0 Å². The molecule has 0 radical (unpaired) electrons. The van der Waals surface area contributed by atoms with Crippen molar-refractivity contribution in [3.8, 4) is 0 Å². The van der Waals surface area contributed by atoms with Gasteiger partial charge in [-0.3, -0.25) is 0 Å². The summed E-state index contributed by atoms with van der Waals surface area (Å²) in [5.41, 5.74) is 1.48. The minimum Gasteiger partial charge on any atom is -0.305 e. The number of hydrogen-bond acceptors (Lipinski definition) is 2. The highest BCUT2D eigenvalue weighted by molar-refractivity contribution is 5.18. The quantitative estimate of drug-likeness (QED) is 0.806. The first-order valence-electron chi connectivity index (χ1n) is 7.21. The smallest absolute Gasteiger partial charge is 0.0109 e. The first kappa shape index (κ1) is 13.6. The fourth-order valence-electron chi connectivity index (χ4n) is 2.65. The minimum atomic E-state index is 0.673. The molecule has 100 valence electrons. The fourth-order valence-corrected chi connectivity index (χ4v) is 2.65. The van der Waals surface area contributed by atoms with Crippen LogP contribution < -0.4 is 0 Å². The Hall–Kier alpha value is -0.860. The van der Waals surface area contributed by atoms with Gasteiger partial charge in [-0.2, -0.15) is 0 Å². The molecule has 1 aromatic carbocycles. The minimum absolute atomic E-state index is 0.673. The van der Waals surface area contributed by atoms with E-state index in [9.17, 15) is 0 Å². The molecule has 0 amide bonds. The molecule has 2 rings (SSSR count). The predicted octanol–water partition coefficient (Wildman–Crippen LogP) is 2.82. The van der Waals surface area contributed by atoms with Gasteiger partial charge >= 0.3 is 0 Å². The largest absolute Gasteiger partial charge is 0.305 e. The van der Waals surface area contributed by atoms with E-state index in [2.05, 4.69) is 54.1 Å². The maximum absolute atomic E-state index is 2.63. The molecule has 0 saturated carbocycles. The van der Waals surface area contributed by atoms with E-state index >= 15 is 0 Å². The van der Waals surface area contributed by atoms with Crippen LogP contribution in [-0.4, -0.2) is 49.6 Å². The monoisotopic (exact) mass is 246 g/mol. The molecule has 1 heterocycles. The zero-order valence-corrected chi connectivity index (χ0v) is 11.8. The highest BCUT2D eigenvalue weighted by Gasteiger charge is 2.13. The predicted molar refractivity (Wildman–Crippen MR) is 78.0 cm³/mol. The van der Waals surface area contributed by atoms with Crippen LogP contribution in [0.4, 0.5) is 0 Å². The molecule has 1 aromatic rings. The van der Waals surface area contributed by atoms with E-state index in [-0.39, 0.29) is 0 Å². The van der Waals surface area contributed by atoms with Crippen molar-refractivity contribution in [1.82, 2.24) is 9.80 Å². The van der Waals surface area contributed by atoms with Gasteiger partial charge in [0.25, 0.3) is 0 Å². The molecule has 2 nitrogen and oxygen atoms in total. The van der Waals surface area contributed by atoms with Crippen LogP contribution in [0.5, 0.6) is 0 Å². The van der Waals surface area contributed by atoms with Gasteiger partial charge in [-0.25, -0.2) is 0 Å². The van der Waals surface area contributed by atoms with Crippen LogP contribution in [0.2, 0.25) is 0 Å². The second-order valence-electron chi connectivity index (χ2n) is 5.60. The van der Waals surface area contributed by atoms with Gasteiger partial charge in [-0.05, 0) is 51.0 Å². The molecule has 1 fully saturated rings. The first-order valence-corrected chi connectivity index (χ1v) is 7.21. The van der Waals surface area contributed by atoms with Crippen molar-refractivity contribution in [3.05, 3.63) is 35.9 Å². The highest BCUT2D eigenvalue weighted by atomic mass is 15.2. The Labute approximate surface area is 112 Å². The first-order chi connectivity index (χ1) is 8.75. The molecule has 1 aliphatic rings. The lowest BCUT2D eigenvalue weighted by Crippen LogP contribution is -2.30. The molecular formula is C16H26N2. The van der Waals surface area contributed by atoms with Crippen LogP contribution in [-0.2, 0) is 0 Å². The number of benzene rings is 1. The van der Waals surface area contributed by atoms with Gasteiger partial charge in [-0.1, -0.05) is 37.3 Å². The van der Waals surface area contributed by atoms with Crippen molar-refractivity contribution in [2.75, 3.05) is 39.8 Å². The van der Waals surface area contributed by atoms with Crippen LogP contribution in [0.15, 0.2) is 30.3 Å². The molecule has 0 spiro atoms. The van der Waals surface area contributed by atoms with Gasteiger partial charge in [-0.15, -0.1) is 0 Å². The Morgan fingerprint density at radius 1 is 1.06 bits per heavy atom. The molecule has 0 unspecified atom stereocenters. The maximum atomic E-state index is 2.63. The third kappa shape index (κ3) is 4.11. The molecule has 0 bridgehead atoms. The molecule has 18 heavy (non-hydrogen) atoms. The van der Waals surface area contributed by atoms with Crippen LogP contribution in [0.1, 0.15) is 31.2 Å². The van der Waals surface area contributed by atoms with E-state index in [0.717, 1.165) is 0 Å². The maximum Gasteiger partial charge on any atom is 0.0109 e. The third-order valence-electron chi connectivity index (χ3n) is 4.06. The summed E-state index contributed by atoms with van der Waals surface area (Å²) in [4.78, 5) is 5.07. The average Bonchev–Trinajstić information content (AvgIpc) is 2.62. The van der Waals surface area contributed by atoms with Crippen molar-refractivity contribution in [1.29, 1.82) is 0 Å². The fraction of sp³-hybridized carbons (Fsp3) is 0.625. The zero-order chi connectivity index (χ0) is 12.8. The van der Waals surface area contributed by atoms with E-state index in [1.807, 2.05) is 0 Å². The molecule has 0 aromatic heterocycles. The van der Waals surface area contributed by atoms with Crippen LogP contribution >= 0.6 is 0 Å². The van der Waals surface area contributed by atoms with Gasteiger partial charge in [0.15, 0.2) is 0 Å². The van der Waals surface area contributed by atoms with Crippen molar-refractivity contribution >= 4 is 0 Å². The Morgan fingerprint density at radius 3 is 2.61 bits per heavy atom. The molecule has 1 aliphatic heterocycles. The van der Waals surface area contributed by atoms with E-state index in [0.29, 0.717) is 5.92 Å². The summed E-state index contributed by atoms with van der Waals surface area (Å²) in [6, 6.07) is 10.9. The van der Waals surface area contributed by atoms with E-state index in [1.54, 1.807) is 0 Å². The van der Waals surface area contributed by atoms with Gasteiger partial charge in [0.1, 0.15) is 0 Å². The lowest BCUT2D eigenvalue weighted by molar-refractivity contribution is 0.268. The van der Waals surface area contributed by atoms with Crippen molar-refractivity contribution in [3.63, 3.8) is 0 Å². The third-order valence-corrected chi connectivity index (χ3v) is 4.06. The lowest BCUT2D eigenvalue weighted by Gasteiger charge is -2.22. The number of nitrogens with zero attached hydrogens (tertiary/aromatic N) is 2. The van der Waals surface area contributed by atoms with E-state index in [1.165, 1.54) is 51.1 Å². The van der Waals surface area contributed by atoms with Gasteiger partial charge in [0.2, 0.25) is 0 Å². The van der Waals surface area contributed by atoms with Gasteiger partial charge in [0, 0.05) is 13.1 Å². The van der Waals surface area contributed by atoms with Crippen molar-refractivity contribution in [2.45, 2.75) is 25.7 Å². The van der Waals surface area contributed by atoms with Crippen LogP contribution in [0, 0.1) is 0 Å². The number of rotatable bonds is 4. The summed E-state index contributed by atoms with van der Waals surface area (Å²) >= 11 is 0. The summed E-state index contributed by atoms with van der Waals surface area (Å²) in [7, 11) is 2.23. The van der Waals surface area contributed by atoms with Crippen LogP contribution in [0.3, 0.4) is 0 Å². The van der Waals surface area contributed by atoms with Crippen molar-refractivity contribution in [2.24, 2.45) is 0 Å². The number of likely N-dealkylation sites (N-methyl/N-ethyl adjacent to an activating group) is 1. The van der Waals surface area contributed by atoms with Gasteiger partial charge < -0.3 is 9.80 Å². The summed E-state index contributed by atoms with van der Waals surface area (Å²) in [5, 5.41) is 0. The summed E-state index contributed by atoms with van der Waals surface area (Å²) in [6.45, 7) is 8.57. The normalized spacial score (nSPS) is 20.6. The SMILES string of the molecule is C[C@H](CCN1CCCN(C)CC1)c1ccccc1. The topological polar surface area (TPSA) is 6.48 Å². The molecule has 1 atom stereocenters. The zero-order valence-electron chi connectivity index (χ0n) is 11.8. The Morgan fingerprint density at radius 2 is 1.83 bits per heavy atom. The Balaban J connectivity index is 1.77. The summed E-state index contributed by atoms with van der Waals surface area (Å²) in [6.07, 6.45) is 2.59. The second-order valence-corrected chi connectivity index (χ2v) is 5.60. The summed E-state index contributed by atoms with van der Waals surface area (Å²) in [5.74, 6) is 0.673. The molecular weight excluding hydrogens is 220 g/mol. The van der Waals surface area contributed by atoms with Crippen molar-refractivity contribution < 1.29 is 0 Å². The standard InChI is InChI=1S/C16H26N2/c1-15(16-7-4-3-5-8-16)9-12-18-11-6-10-17(2)13-14-18/h3-5,7-8,15H,6,9-14H2,1-2H3/t15-/m1/s1. The summed E-state index contributed by atoms with van der Waals surface area (Å²) < 4.78 is 0. The molecule has 1 saturated heterocycles. The molecule has 0 N–H and O–H groups in total. The van der Waals surface area contributed by atoms with E-state index in [4.69, 9.17) is 0 Å². The average molecular weight is 246 g/mol. The Kier molecular flexibility index (Phi) is 5.21.